The van der Waals surface area contributed by atoms with Crippen molar-refractivity contribution in [2.24, 2.45) is 11.8 Å². The highest BCUT2D eigenvalue weighted by Gasteiger charge is 2.72. The van der Waals surface area contributed by atoms with E-state index in [4.69, 9.17) is 4.74 Å². The van der Waals surface area contributed by atoms with Crippen LogP contribution in [-0.2, 0) is 14.3 Å². The van der Waals surface area contributed by atoms with Crippen LogP contribution in [0.2, 0.25) is 0 Å². The molecule has 2 saturated heterocycles. The molecule has 0 radical (unpaired) electrons. The van der Waals surface area contributed by atoms with E-state index in [1.807, 2.05) is 0 Å². The number of hydrogen-bond donors (Lipinski definition) is 1. The summed E-state index contributed by atoms with van der Waals surface area (Å²) >= 11 is 3.15. The molecule has 3 aliphatic heterocycles. The van der Waals surface area contributed by atoms with Gasteiger partial charge in [-0.25, -0.2) is 4.90 Å². The zero-order valence-corrected chi connectivity index (χ0v) is 14.6. The van der Waals surface area contributed by atoms with Crippen LogP contribution in [0, 0.1) is 22.0 Å². The van der Waals surface area contributed by atoms with Gasteiger partial charge >= 0.3 is 0 Å². The van der Waals surface area contributed by atoms with Crippen LogP contribution in [0.1, 0.15) is 6.92 Å². The van der Waals surface area contributed by atoms with Crippen molar-refractivity contribution in [2.45, 2.75) is 18.1 Å². The number of rotatable bonds is 3. The van der Waals surface area contributed by atoms with Gasteiger partial charge in [-0.3, -0.25) is 19.7 Å². The van der Waals surface area contributed by atoms with Gasteiger partial charge in [0, 0.05) is 10.5 Å². The molecule has 25 heavy (non-hydrogen) atoms. The highest BCUT2D eigenvalue weighted by Crippen LogP contribution is 2.58. The Bertz CT molecular complexity index is 870. The molecule has 9 heteroatoms. The lowest BCUT2D eigenvalue weighted by Crippen LogP contribution is -2.43. The highest BCUT2D eigenvalue weighted by molar-refractivity contribution is 9.10. The molecule has 8 nitrogen and oxygen atoms in total. The predicted molar refractivity (Wildman–Crippen MR) is 88.7 cm³/mol. The zero-order valence-electron chi connectivity index (χ0n) is 13.0. The van der Waals surface area contributed by atoms with Crippen LogP contribution in [-0.4, -0.2) is 39.7 Å². The van der Waals surface area contributed by atoms with Gasteiger partial charge in [-0.15, -0.1) is 0 Å². The first-order chi connectivity index (χ1) is 11.7. The Balaban J connectivity index is 1.85. The summed E-state index contributed by atoms with van der Waals surface area (Å²) < 4.78 is 6.28. The molecule has 0 saturated carbocycles. The molecule has 2 bridgehead atoms. The normalized spacial score (nSPS) is 35.6. The number of aliphatic hydroxyl groups is 1. The largest absolute Gasteiger partial charge is 0.393 e. The summed E-state index contributed by atoms with van der Waals surface area (Å²) in [7, 11) is 0. The third kappa shape index (κ3) is 1.94. The van der Waals surface area contributed by atoms with Gasteiger partial charge in [0.2, 0.25) is 11.8 Å². The number of imide groups is 1. The number of nitro benzene ring substituents is 1. The maximum Gasteiger partial charge on any atom is 0.294 e. The molecule has 1 aromatic carbocycles. The fourth-order valence-corrected chi connectivity index (χ4v) is 4.46. The molecule has 0 spiro atoms. The van der Waals surface area contributed by atoms with Crippen LogP contribution in [0.4, 0.5) is 11.4 Å². The maximum absolute atomic E-state index is 13.0. The van der Waals surface area contributed by atoms with Gasteiger partial charge in [0.1, 0.15) is 11.3 Å². The van der Waals surface area contributed by atoms with E-state index < -0.39 is 46.4 Å². The Kier molecular flexibility index (Phi) is 3.25. The molecule has 2 amide bonds. The van der Waals surface area contributed by atoms with Crippen LogP contribution in [0.5, 0.6) is 0 Å². The molecule has 3 heterocycles. The molecule has 0 unspecified atom stereocenters. The smallest absolute Gasteiger partial charge is 0.294 e. The molecular weight excluding hydrogens is 396 g/mol. The quantitative estimate of drug-likeness (QED) is 0.351. The van der Waals surface area contributed by atoms with Gasteiger partial charge in [-0.05, 0) is 19.1 Å². The van der Waals surface area contributed by atoms with Gasteiger partial charge < -0.3 is 9.84 Å². The van der Waals surface area contributed by atoms with E-state index >= 15 is 0 Å². The van der Waals surface area contributed by atoms with Crippen LogP contribution in [0.15, 0.2) is 34.8 Å². The lowest BCUT2D eigenvalue weighted by atomic mass is 9.73. The number of amides is 2. The molecule has 3 aliphatic rings. The lowest BCUT2D eigenvalue weighted by Gasteiger charge is -2.26. The van der Waals surface area contributed by atoms with E-state index in [9.17, 15) is 24.8 Å². The average molecular weight is 409 g/mol. The first-order valence-corrected chi connectivity index (χ1v) is 8.36. The maximum atomic E-state index is 13.0. The topological polar surface area (TPSA) is 110 Å². The molecule has 130 valence electrons. The number of fused-ring (bicyclic) bond motifs is 5. The summed E-state index contributed by atoms with van der Waals surface area (Å²) in [5, 5.41) is 21.1. The lowest BCUT2D eigenvalue weighted by molar-refractivity contribution is -0.384. The number of aliphatic hydroxyl groups excluding tert-OH is 1. The van der Waals surface area contributed by atoms with Crippen molar-refractivity contribution >= 4 is 39.1 Å². The minimum atomic E-state index is -1.26. The van der Waals surface area contributed by atoms with Crippen LogP contribution < -0.4 is 4.90 Å². The molecule has 1 N–H and O–H groups in total. The SMILES string of the molecule is C[C@@]12C=C[C@@](CO)(O1)[C@@H]1C(=O)N(c3ccc(Br)cc3[N+](=O)[O-])C(=O)[C@H]12. The molecule has 4 rings (SSSR count). The fourth-order valence-electron chi connectivity index (χ4n) is 4.11. The Hall–Kier alpha value is -2.10. The molecule has 0 aromatic heterocycles. The number of nitrogens with zero attached hydrogens (tertiary/aromatic N) is 2. The van der Waals surface area contributed by atoms with Crippen molar-refractivity contribution in [2.75, 3.05) is 11.5 Å². The fraction of sp³-hybridized carbons (Fsp3) is 0.375. The first kappa shape index (κ1) is 16.4. The summed E-state index contributed by atoms with van der Waals surface area (Å²) in [6.07, 6.45) is 3.29. The van der Waals surface area contributed by atoms with Crippen molar-refractivity contribution in [1.82, 2.24) is 0 Å². The molecule has 4 atom stereocenters. The minimum Gasteiger partial charge on any atom is -0.393 e. The molecule has 1 aromatic rings. The monoisotopic (exact) mass is 408 g/mol. The van der Waals surface area contributed by atoms with Gasteiger partial charge in [-0.2, -0.15) is 0 Å². The van der Waals surface area contributed by atoms with E-state index in [-0.39, 0.29) is 11.4 Å². The average Bonchev–Trinajstić information content (AvgIpc) is 3.14. The number of ether oxygens (including phenoxy) is 1. The number of carbonyl (C=O) groups excluding carboxylic acids is 2. The Morgan fingerprint density at radius 1 is 1.32 bits per heavy atom. The highest BCUT2D eigenvalue weighted by atomic mass is 79.9. The number of nitro groups is 1. The van der Waals surface area contributed by atoms with E-state index in [0.717, 1.165) is 4.90 Å². The van der Waals surface area contributed by atoms with Gasteiger partial charge in [0.05, 0.1) is 29.0 Å². The van der Waals surface area contributed by atoms with Crippen LogP contribution in [0.3, 0.4) is 0 Å². The Morgan fingerprint density at radius 2 is 2.00 bits per heavy atom. The summed E-state index contributed by atoms with van der Waals surface area (Å²) in [6.45, 7) is 1.23. The summed E-state index contributed by atoms with van der Waals surface area (Å²) in [5.41, 5.74) is -2.70. The van der Waals surface area contributed by atoms with E-state index in [1.54, 1.807) is 19.1 Å². The third-order valence-corrected chi connectivity index (χ3v) is 5.67. The summed E-state index contributed by atoms with van der Waals surface area (Å²) in [4.78, 5) is 37.6. The Labute approximate surface area is 150 Å². The van der Waals surface area contributed by atoms with Crippen molar-refractivity contribution in [3.63, 3.8) is 0 Å². The third-order valence-electron chi connectivity index (χ3n) is 5.18. The van der Waals surface area contributed by atoms with Crippen molar-refractivity contribution in [3.8, 4) is 0 Å². The number of anilines is 1. The van der Waals surface area contributed by atoms with E-state index in [2.05, 4.69) is 15.9 Å². The first-order valence-electron chi connectivity index (χ1n) is 7.57. The van der Waals surface area contributed by atoms with Crippen molar-refractivity contribution < 1.29 is 24.4 Å². The Morgan fingerprint density at radius 3 is 2.64 bits per heavy atom. The zero-order chi connectivity index (χ0) is 18.1. The summed E-state index contributed by atoms with van der Waals surface area (Å²) in [6, 6.07) is 4.14. The van der Waals surface area contributed by atoms with Crippen molar-refractivity contribution in [1.29, 1.82) is 0 Å². The second kappa shape index (κ2) is 4.96. The second-order valence-electron chi connectivity index (χ2n) is 6.59. The second-order valence-corrected chi connectivity index (χ2v) is 7.51. The van der Waals surface area contributed by atoms with Crippen molar-refractivity contribution in [3.05, 3.63) is 44.9 Å². The molecule has 0 aliphatic carbocycles. The van der Waals surface area contributed by atoms with Gasteiger partial charge in [0.25, 0.3) is 5.69 Å². The molecule has 2 fully saturated rings. The standard InChI is InChI=1S/C16H13BrN2O6/c1-15-4-5-16(7-20,25-15)12-11(15)13(21)18(14(12)22)9-3-2-8(17)6-10(9)19(23)24/h2-6,11-12,20H,7H2,1H3/t11-,12-,15-,16-/m0/s1. The number of carbonyl (C=O) groups is 2. The number of halogens is 1. The van der Waals surface area contributed by atoms with E-state index in [1.165, 1.54) is 18.2 Å². The van der Waals surface area contributed by atoms with Gasteiger partial charge in [0.15, 0.2) is 0 Å². The summed E-state index contributed by atoms with van der Waals surface area (Å²) in [5.74, 6) is -2.87. The predicted octanol–water partition coefficient (Wildman–Crippen LogP) is 1.55. The van der Waals surface area contributed by atoms with Crippen LogP contribution in [0.25, 0.3) is 0 Å². The van der Waals surface area contributed by atoms with Gasteiger partial charge in [-0.1, -0.05) is 28.1 Å². The van der Waals surface area contributed by atoms with E-state index in [0.29, 0.717) is 4.47 Å². The minimum absolute atomic E-state index is 0.0753. The molecular formula is C16H13BrN2O6. The van der Waals surface area contributed by atoms with Crippen LogP contribution >= 0.6 is 15.9 Å². The number of hydrogen-bond acceptors (Lipinski definition) is 6. The number of benzene rings is 1.